The first kappa shape index (κ1) is 17.2. The molecule has 1 rings (SSSR count). The summed E-state index contributed by atoms with van der Waals surface area (Å²) in [4.78, 5) is 11.7. The first-order chi connectivity index (χ1) is 9.40. The van der Waals surface area contributed by atoms with Crippen molar-refractivity contribution in [2.75, 3.05) is 11.0 Å². The summed E-state index contributed by atoms with van der Waals surface area (Å²) < 4.78 is 11.6. The number of alkyl carbamates (subject to hydrolysis) is 1. The van der Waals surface area contributed by atoms with Crippen LogP contribution in [0, 0.1) is 0 Å². The lowest BCUT2D eigenvalue weighted by Gasteiger charge is -2.22. The van der Waals surface area contributed by atoms with E-state index in [0.717, 1.165) is 9.99 Å². The highest BCUT2D eigenvalue weighted by atomic mass is 127. The Morgan fingerprint density at radius 3 is 2.50 bits per heavy atom. The van der Waals surface area contributed by atoms with Crippen molar-refractivity contribution in [3.8, 4) is 0 Å². The maximum atomic E-state index is 11.7. The van der Waals surface area contributed by atoms with E-state index >= 15 is 0 Å². The lowest BCUT2D eigenvalue weighted by atomic mass is 10.2. The van der Waals surface area contributed by atoms with Crippen molar-refractivity contribution in [1.82, 2.24) is 5.32 Å². The van der Waals surface area contributed by atoms with Gasteiger partial charge in [-0.1, -0.05) is 52.9 Å². The molecule has 0 saturated carbocycles. The smallest absolute Gasteiger partial charge is 0.407 e. The van der Waals surface area contributed by atoms with Crippen molar-refractivity contribution in [3.05, 3.63) is 35.9 Å². The van der Waals surface area contributed by atoms with E-state index in [1.165, 1.54) is 0 Å². The van der Waals surface area contributed by atoms with E-state index < -0.39 is 11.7 Å². The zero-order valence-electron chi connectivity index (χ0n) is 12.2. The molecule has 20 heavy (non-hydrogen) atoms. The second-order valence-corrected chi connectivity index (χ2v) is 6.38. The summed E-state index contributed by atoms with van der Waals surface area (Å²) in [6.07, 6.45) is -0.400. The quantitative estimate of drug-likeness (QED) is 0.596. The minimum atomic E-state index is -0.481. The fourth-order valence-electron chi connectivity index (χ4n) is 1.49. The lowest BCUT2D eigenvalue weighted by Crippen LogP contribution is -2.42. The molecular formula is C15H22INO3. The molecule has 1 aromatic carbocycles. The summed E-state index contributed by atoms with van der Waals surface area (Å²) in [5.41, 5.74) is 0.641. The minimum absolute atomic E-state index is 0.0471. The summed E-state index contributed by atoms with van der Waals surface area (Å²) >= 11 is 2.22. The van der Waals surface area contributed by atoms with E-state index in [1.54, 1.807) is 0 Å². The monoisotopic (exact) mass is 391 g/mol. The molecule has 0 unspecified atom stereocenters. The molecule has 1 N–H and O–H groups in total. The molecule has 1 atom stereocenters. The van der Waals surface area contributed by atoms with Gasteiger partial charge in [0.15, 0.2) is 0 Å². The number of amides is 1. The molecule has 5 heteroatoms. The molecule has 112 valence electrons. The zero-order valence-corrected chi connectivity index (χ0v) is 14.3. The molecule has 0 aromatic heterocycles. The van der Waals surface area contributed by atoms with Gasteiger partial charge >= 0.3 is 6.09 Å². The number of hydrogen-bond donors (Lipinski definition) is 1. The van der Waals surface area contributed by atoms with E-state index in [9.17, 15) is 4.79 Å². The average Bonchev–Trinajstić information content (AvgIpc) is 2.36. The Hall–Kier alpha value is -0.820. The van der Waals surface area contributed by atoms with Gasteiger partial charge in [-0.25, -0.2) is 4.79 Å². The summed E-state index contributed by atoms with van der Waals surface area (Å²) in [6.45, 7) is 6.55. The number of halogens is 1. The van der Waals surface area contributed by atoms with E-state index in [4.69, 9.17) is 9.47 Å². The van der Waals surface area contributed by atoms with Gasteiger partial charge < -0.3 is 14.8 Å². The number of carbonyl (C=O) groups excluding carboxylic acids is 1. The van der Waals surface area contributed by atoms with Gasteiger partial charge in [0.25, 0.3) is 0 Å². The molecule has 0 aliphatic heterocycles. The van der Waals surface area contributed by atoms with E-state index in [-0.39, 0.29) is 6.04 Å². The van der Waals surface area contributed by atoms with Crippen LogP contribution in [0.25, 0.3) is 0 Å². The molecule has 1 aromatic rings. The van der Waals surface area contributed by atoms with Gasteiger partial charge in [-0.15, -0.1) is 0 Å². The summed E-state index contributed by atoms with van der Waals surface area (Å²) in [5.74, 6) is 0. The summed E-state index contributed by atoms with van der Waals surface area (Å²) in [6, 6.07) is 9.91. The zero-order chi connectivity index (χ0) is 15.0. The van der Waals surface area contributed by atoms with Gasteiger partial charge in [0.2, 0.25) is 0 Å². The highest BCUT2D eigenvalue weighted by Crippen LogP contribution is 2.07. The van der Waals surface area contributed by atoms with Crippen LogP contribution < -0.4 is 5.32 Å². The number of alkyl halides is 1. The third kappa shape index (κ3) is 7.69. The van der Waals surface area contributed by atoms with Gasteiger partial charge in [-0.3, -0.25) is 0 Å². The maximum Gasteiger partial charge on any atom is 0.407 e. The van der Waals surface area contributed by atoms with Crippen molar-refractivity contribution in [1.29, 1.82) is 0 Å². The third-order valence-electron chi connectivity index (χ3n) is 2.34. The van der Waals surface area contributed by atoms with Crippen LogP contribution in [-0.2, 0) is 16.1 Å². The van der Waals surface area contributed by atoms with Crippen LogP contribution in [0.1, 0.15) is 26.3 Å². The second-order valence-electron chi connectivity index (χ2n) is 5.50. The van der Waals surface area contributed by atoms with Crippen LogP contribution in [0.15, 0.2) is 30.3 Å². The Morgan fingerprint density at radius 1 is 1.30 bits per heavy atom. The van der Waals surface area contributed by atoms with Gasteiger partial charge in [0.1, 0.15) is 5.60 Å². The third-order valence-corrected chi connectivity index (χ3v) is 3.40. The van der Waals surface area contributed by atoms with Crippen LogP contribution in [0.2, 0.25) is 0 Å². The summed E-state index contributed by atoms with van der Waals surface area (Å²) in [7, 11) is 0. The molecule has 0 aliphatic carbocycles. The predicted octanol–water partition coefficient (Wildman–Crippen LogP) is 3.53. The number of ether oxygens (including phenoxy) is 2. The Bertz CT molecular complexity index is 403. The number of nitrogens with one attached hydrogen (secondary N) is 1. The molecule has 0 saturated heterocycles. The van der Waals surface area contributed by atoms with Gasteiger partial charge in [-0.05, 0) is 26.3 Å². The van der Waals surface area contributed by atoms with E-state index in [2.05, 4.69) is 27.9 Å². The first-order valence-corrected chi connectivity index (χ1v) is 8.10. The Balaban J connectivity index is 2.31. The van der Waals surface area contributed by atoms with Crippen molar-refractivity contribution in [3.63, 3.8) is 0 Å². The molecule has 0 fully saturated rings. The number of carbonyl (C=O) groups is 1. The van der Waals surface area contributed by atoms with Gasteiger partial charge in [0, 0.05) is 4.43 Å². The van der Waals surface area contributed by atoms with Crippen molar-refractivity contribution >= 4 is 28.7 Å². The van der Waals surface area contributed by atoms with Crippen molar-refractivity contribution < 1.29 is 14.3 Å². The fraction of sp³-hybridized carbons (Fsp3) is 0.533. The standard InChI is InChI=1S/C15H22INO3/c1-15(2,3)20-14(18)17-13(9-16)11-19-10-12-7-5-4-6-8-12/h4-8,13H,9-11H2,1-3H3,(H,17,18)/t13-/m1/s1. The number of rotatable bonds is 6. The van der Waals surface area contributed by atoms with E-state index in [0.29, 0.717) is 13.2 Å². The number of hydrogen-bond acceptors (Lipinski definition) is 3. The molecule has 0 aliphatic rings. The predicted molar refractivity (Wildman–Crippen MR) is 88.1 cm³/mol. The second kappa shape index (κ2) is 8.46. The normalized spacial score (nSPS) is 12.8. The lowest BCUT2D eigenvalue weighted by molar-refractivity contribution is 0.0447. The first-order valence-electron chi connectivity index (χ1n) is 6.58. The van der Waals surface area contributed by atoms with Crippen LogP contribution >= 0.6 is 22.6 Å². The highest BCUT2D eigenvalue weighted by molar-refractivity contribution is 14.1. The van der Waals surface area contributed by atoms with E-state index in [1.807, 2.05) is 51.1 Å². The molecule has 4 nitrogen and oxygen atoms in total. The largest absolute Gasteiger partial charge is 0.444 e. The highest BCUT2D eigenvalue weighted by Gasteiger charge is 2.19. The maximum absolute atomic E-state index is 11.7. The summed E-state index contributed by atoms with van der Waals surface area (Å²) in [5, 5.41) is 2.82. The van der Waals surface area contributed by atoms with Crippen LogP contribution in [0.5, 0.6) is 0 Å². The molecule has 0 bridgehead atoms. The Morgan fingerprint density at radius 2 is 1.95 bits per heavy atom. The van der Waals surface area contributed by atoms with Gasteiger partial charge in [-0.2, -0.15) is 0 Å². The van der Waals surface area contributed by atoms with Crippen molar-refractivity contribution in [2.45, 2.75) is 39.0 Å². The van der Waals surface area contributed by atoms with Crippen LogP contribution in [-0.4, -0.2) is 28.8 Å². The topological polar surface area (TPSA) is 47.6 Å². The Labute approximate surface area is 134 Å². The molecular weight excluding hydrogens is 369 g/mol. The molecule has 0 spiro atoms. The fourth-order valence-corrected chi connectivity index (χ4v) is 1.97. The Kier molecular flexibility index (Phi) is 7.29. The van der Waals surface area contributed by atoms with Crippen molar-refractivity contribution in [2.24, 2.45) is 0 Å². The van der Waals surface area contributed by atoms with Crippen LogP contribution in [0.3, 0.4) is 0 Å². The molecule has 0 heterocycles. The molecule has 0 radical (unpaired) electrons. The number of benzene rings is 1. The SMILES string of the molecule is CC(C)(C)OC(=O)N[C@H](CI)COCc1ccccc1. The van der Waals surface area contributed by atoms with Gasteiger partial charge in [0.05, 0.1) is 19.3 Å². The molecule has 1 amide bonds. The average molecular weight is 391 g/mol. The minimum Gasteiger partial charge on any atom is -0.444 e. The van der Waals surface area contributed by atoms with Crippen LogP contribution in [0.4, 0.5) is 4.79 Å².